The van der Waals surface area contributed by atoms with Crippen LogP contribution in [0.25, 0.3) is 0 Å². The molecule has 0 aliphatic heterocycles. The highest BCUT2D eigenvalue weighted by Crippen LogP contribution is 2.20. The quantitative estimate of drug-likeness (QED) is 0.0755. The van der Waals surface area contributed by atoms with Gasteiger partial charge in [0.25, 0.3) is 0 Å². The van der Waals surface area contributed by atoms with Crippen molar-refractivity contribution >= 4 is 11.9 Å². The van der Waals surface area contributed by atoms with Gasteiger partial charge in [-0.2, -0.15) is 0 Å². The van der Waals surface area contributed by atoms with E-state index in [0.717, 1.165) is 58.2 Å². The van der Waals surface area contributed by atoms with Crippen molar-refractivity contribution in [2.45, 2.75) is 136 Å². The molecule has 0 heterocycles. The summed E-state index contributed by atoms with van der Waals surface area (Å²) in [6.45, 7) is 6.98. The van der Waals surface area contributed by atoms with E-state index in [4.69, 9.17) is 18.9 Å². The molecular weight excluding hydrogens is 468 g/mol. The molecular formula is C31H60O6. The largest absolute Gasteiger partial charge is 0.466 e. The molecule has 0 aliphatic rings. The molecule has 0 spiro atoms. The van der Waals surface area contributed by atoms with E-state index in [2.05, 4.69) is 13.8 Å². The Morgan fingerprint density at radius 3 is 1.24 bits per heavy atom. The Bertz CT molecular complexity index is 466. The lowest BCUT2D eigenvalue weighted by Crippen LogP contribution is -2.12. The summed E-state index contributed by atoms with van der Waals surface area (Å²) in [4.78, 5) is 24.2. The molecule has 0 aromatic carbocycles. The maximum atomic E-state index is 12.1. The van der Waals surface area contributed by atoms with E-state index in [1.807, 2.05) is 0 Å². The molecule has 0 rings (SSSR count). The first-order valence-corrected chi connectivity index (χ1v) is 15.4. The highest BCUT2D eigenvalue weighted by molar-refractivity contribution is 5.69. The second-order valence-corrected chi connectivity index (χ2v) is 10.6. The van der Waals surface area contributed by atoms with Gasteiger partial charge in [0.2, 0.25) is 0 Å². The molecule has 0 amide bonds. The Hall–Kier alpha value is -1.14. The van der Waals surface area contributed by atoms with Gasteiger partial charge in [-0.05, 0) is 50.4 Å². The summed E-state index contributed by atoms with van der Waals surface area (Å²) in [7, 11) is 3.48. The maximum absolute atomic E-state index is 12.1. The van der Waals surface area contributed by atoms with E-state index >= 15 is 0 Å². The molecule has 0 aliphatic carbocycles. The molecule has 0 bridgehead atoms. The van der Waals surface area contributed by atoms with E-state index in [-0.39, 0.29) is 11.9 Å². The number of carbonyl (C=O) groups excluding carboxylic acids is 2. The predicted molar refractivity (Wildman–Crippen MR) is 152 cm³/mol. The van der Waals surface area contributed by atoms with Crippen LogP contribution in [0.1, 0.15) is 136 Å². The van der Waals surface area contributed by atoms with Crippen LogP contribution in [0.15, 0.2) is 0 Å². The minimum absolute atomic E-state index is 0.125. The van der Waals surface area contributed by atoms with Gasteiger partial charge < -0.3 is 18.9 Å². The number of hydrogen-bond donors (Lipinski definition) is 0. The van der Waals surface area contributed by atoms with Crippen molar-refractivity contribution in [2.75, 3.05) is 40.6 Å². The number of methoxy groups -OCH3 is 2. The zero-order chi connectivity index (χ0) is 27.4. The minimum Gasteiger partial charge on any atom is -0.466 e. The zero-order valence-electron chi connectivity index (χ0n) is 24.9. The van der Waals surface area contributed by atoms with Crippen molar-refractivity contribution < 1.29 is 28.5 Å². The third-order valence-corrected chi connectivity index (χ3v) is 7.23. The van der Waals surface area contributed by atoms with E-state index in [0.29, 0.717) is 37.9 Å². The first-order valence-electron chi connectivity index (χ1n) is 15.4. The van der Waals surface area contributed by atoms with Gasteiger partial charge in [0.15, 0.2) is 0 Å². The number of carbonyl (C=O) groups is 2. The van der Waals surface area contributed by atoms with Gasteiger partial charge >= 0.3 is 11.9 Å². The fraction of sp³-hybridized carbons (Fsp3) is 0.935. The van der Waals surface area contributed by atoms with Gasteiger partial charge in [-0.1, -0.05) is 84.5 Å². The summed E-state index contributed by atoms with van der Waals surface area (Å²) in [5.41, 5.74) is 0. The van der Waals surface area contributed by atoms with E-state index < -0.39 is 0 Å². The first kappa shape index (κ1) is 35.9. The van der Waals surface area contributed by atoms with Crippen LogP contribution in [0.4, 0.5) is 0 Å². The Labute approximate surface area is 228 Å². The summed E-state index contributed by atoms with van der Waals surface area (Å²) in [6, 6.07) is 0. The smallest absolute Gasteiger partial charge is 0.305 e. The van der Waals surface area contributed by atoms with Gasteiger partial charge in [-0.3, -0.25) is 9.59 Å². The van der Waals surface area contributed by atoms with Gasteiger partial charge in [0.1, 0.15) is 0 Å². The molecule has 6 heteroatoms. The Morgan fingerprint density at radius 1 is 0.486 bits per heavy atom. The van der Waals surface area contributed by atoms with Gasteiger partial charge in [-0.15, -0.1) is 0 Å². The predicted octanol–water partition coefficient (Wildman–Crippen LogP) is 8.05. The van der Waals surface area contributed by atoms with Crippen molar-refractivity contribution in [1.29, 1.82) is 0 Å². The van der Waals surface area contributed by atoms with Crippen molar-refractivity contribution in [3.8, 4) is 0 Å². The van der Waals surface area contributed by atoms with Crippen molar-refractivity contribution in [3.05, 3.63) is 0 Å². The van der Waals surface area contributed by atoms with Crippen molar-refractivity contribution in [1.82, 2.24) is 0 Å². The summed E-state index contributed by atoms with van der Waals surface area (Å²) >= 11 is 0. The number of unbranched alkanes of at least 4 members (excludes halogenated alkanes) is 8. The minimum atomic E-state index is -0.125. The zero-order valence-corrected chi connectivity index (χ0v) is 24.9. The SMILES string of the molecule is CCCCCCC(CCOC)CCOC(=O)CCCCCC(=O)OCCC(CCCCCC)CCOC. The average Bonchev–Trinajstić information content (AvgIpc) is 2.89. The Balaban J connectivity index is 3.88. The summed E-state index contributed by atoms with van der Waals surface area (Å²) in [5.74, 6) is 0.874. The third kappa shape index (κ3) is 24.9. The standard InChI is InChI=1S/C31H60O6/c1-5-7-9-12-16-28(20-24-34-3)22-26-36-30(32)18-14-11-15-19-31(33)37-27-23-29(21-25-35-4)17-13-10-8-6-2/h28-29H,5-27H2,1-4H3. The van der Waals surface area contributed by atoms with Crippen LogP contribution < -0.4 is 0 Å². The van der Waals surface area contributed by atoms with E-state index in [1.54, 1.807) is 14.2 Å². The van der Waals surface area contributed by atoms with Gasteiger partial charge in [0.05, 0.1) is 13.2 Å². The van der Waals surface area contributed by atoms with Crippen LogP contribution in [-0.2, 0) is 28.5 Å². The fourth-order valence-electron chi connectivity index (χ4n) is 4.69. The third-order valence-electron chi connectivity index (χ3n) is 7.23. The molecule has 0 saturated heterocycles. The molecule has 0 saturated carbocycles. The molecule has 37 heavy (non-hydrogen) atoms. The topological polar surface area (TPSA) is 71.1 Å². The highest BCUT2D eigenvalue weighted by Gasteiger charge is 2.12. The normalized spacial score (nSPS) is 12.9. The first-order chi connectivity index (χ1) is 18.1. The fourth-order valence-corrected chi connectivity index (χ4v) is 4.69. The Morgan fingerprint density at radius 2 is 0.865 bits per heavy atom. The van der Waals surface area contributed by atoms with Crippen LogP contribution >= 0.6 is 0 Å². The number of esters is 2. The van der Waals surface area contributed by atoms with E-state index in [9.17, 15) is 9.59 Å². The van der Waals surface area contributed by atoms with Crippen molar-refractivity contribution in [3.63, 3.8) is 0 Å². The lowest BCUT2D eigenvalue weighted by Gasteiger charge is -2.16. The lowest BCUT2D eigenvalue weighted by molar-refractivity contribution is -0.144. The van der Waals surface area contributed by atoms with Crippen LogP contribution in [0.5, 0.6) is 0 Å². The Kier molecular flexibility index (Phi) is 27.0. The molecule has 2 unspecified atom stereocenters. The average molecular weight is 529 g/mol. The van der Waals surface area contributed by atoms with Gasteiger partial charge in [0, 0.05) is 40.3 Å². The molecule has 0 fully saturated rings. The molecule has 0 N–H and O–H groups in total. The summed E-state index contributed by atoms with van der Waals surface area (Å²) in [5, 5.41) is 0. The number of rotatable bonds is 28. The van der Waals surface area contributed by atoms with Crippen LogP contribution in [0.3, 0.4) is 0 Å². The molecule has 2 atom stereocenters. The second-order valence-electron chi connectivity index (χ2n) is 10.6. The number of ether oxygens (including phenoxy) is 4. The lowest BCUT2D eigenvalue weighted by atomic mass is 9.95. The molecule has 0 radical (unpaired) electrons. The summed E-state index contributed by atoms with van der Waals surface area (Å²) in [6.07, 6.45) is 19.6. The van der Waals surface area contributed by atoms with Gasteiger partial charge in [-0.25, -0.2) is 0 Å². The molecule has 220 valence electrons. The second kappa shape index (κ2) is 27.9. The monoisotopic (exact) mass is 528 g/mol. The molecule has 6 nitrogen and oxygen atoms in total. The van der Waals surface area contributed by atoms with Crippen LogP contribution in [0.2, 0.25) is 0 Å². The highest BCUT2D eigenvalue weighted by atomic mass is 16.5. The van der Waals surface area contributed by atoms with Crippen LogP contribution in [0, 0.1) is 11.8 Å². The van der Waals surface area contributed by atoms with Crippen LogP contribution in [-0.4, -0.2) is 52.6 Å². The van der Waals surface area contributed by atoms with E-state index in [1.165, 1.54) is 64.2 Å². The summed E-state index contributed by atoms with van der Waals surface area (Å²) < 4.78 is 21.4. The maximum Gasteiger partial charge on any atom is 0.305 e. The molecule has 0 aromatic rings. The van der Waals surface area contributed by atoms with Crippen molar-refractivity contribution in [2.24, 2.45) is 11.8 Å². The molecule has 0 aromatic heterocycles. The number of hydrogen-bond acceptors (Lipinski definition) is 6.